The summed E-state index contributed by atoms with van der Waals surface area (Å²) in [4.78, 5) is 14.7. The fourth-order valence-electron chi connectivity index (χ4n) is 2.43. The number of aliphatic carboxylic acids is 1. The zero-order valence-electron chi connectivity index (χ0n) is 11.7. The summed E-state index contributed by atoms with van der Waals surface area (Å²) >= 11 is 12.0. The normalized spacial score (nSPS) is 17.9. The summed E-state index contributed by atoms with van der Waals surface area (Å²) in [6.07, 6.45) is -0.248. The number of carboxylic acids is 1. The van der Waals surface area contributed by atoms with E-state index in [1.54, 1.807) is 18.2 Å². The first kappa shape index (κ1) is 17.0. The minimum Gasteiger partial charge on any atom is -0.481 e. The van der Waals surface area contributed by atoms with Crippen LogP contribution in [0.15, 0.2) is 18.2 Å². The van der Waals surface area contributed by atoms with Crippen molar-refractivity contribution < 1.29 is 19.4 Å². The minimum atomic E-state index is -1.07. The number of halogens is 2. The van der Waals surface area contributed by atoms with E-state index in [1.165, 1.54) is 0 Å². The Morgan fingerprint density at radius 3 is 2.59 bits per heavy atom. The maximum absolute atomic E-state index is 10.9. The highest BCUT2D eigenvalue weighted by Gasteiger charge is 2.43. The summed E-state index contributed by atoms with van der Waals surface area (Å²) in [5, 5.41) is 9.68. The molecule has 0 bridgehead atoms. The molecule has 1 atom stereocenters. The van der Waals surface area contributed by atoms with Gasteiger partial charge in [0.05, 0.1) is 36.1 Å². The van der Waals surface area contributed by atoms with Gasteiger partial charge in [-0.25, -0.2) is 6.57 Å². The number of hydrogen-bond acceptors (Lipinski definition) is 3. The standard InChI is InChI=1S/C15H15Cl2NO4/c1-18-15(5-4-13(19)20,9-14-21-6-7-22-14)10-2-3-11(16)12(17)8-10/h2-3,8,14H,4-7,9H2,(H,19,20). The summed E-state index contributed by atoms with van der Waals surface area (Å²) in [5.74, 6) is -0.957. The molecule has 1 fully saturated rings. The van der Waals surface area contributed by atoms with Crippen LogP contribution >= 0.6 is 23.2 Å². The Morgan fingerprint density at radius 2 is 2.05 bits per heavy atom. The van der Waals surface area contributed by atoms with Gasteiger partial charge in [-0.1, -0.05) is 23.2 Å². The Hall–Kier alpha value is -1.32. The molecule has 1 saturated heterocycles. The average molecular weight is 344 g/mol. The number of rotatable bonds is 6. The van der Waals surface area contributed by atoms with E-state index in [0.717, 1.165) is 0 Å². The highest BCUT2D eigenvalue weighted by atomic mass is 35.5. The Kier molecular flexibility index (Phi) is 5.65. The lowest BCUT2D eigenvalue weighted by Gasteiger charge is -2.24. The zero-order valence-corrected chi connectivity index (χ0v) is 13.2. The van der Waals surface area contributed by atoms with Gasteiger partial charge in [-0.05, 0) is 18.2 Å². The van der Waals surface area contributed by atoms with Crippen molar-refractivity contribution in [2.45, 2.75) is 31.1 Å². The lowest BCUT2D eigenvalue weighted by atomic mass is 9.83. The van der Waals surface area contributed by atoms with Crippen molar-refractivity contribution in [3.05, 3.63) is 45.2 Å². The molecular weight excluding hydrogens is 329 g/mol. The van der Waals surface area contributed by atoms with Gasteiger partial charge in [-0.3, -0.25) is 4.79 Å². The third kappa shape index (κ3) is 3.90. The zero-order chi connectivity index (χ0) is 16.2. The molecule has 1 aliphatic heterocycles. The first-order valence-corrected chi connectivity index (χ1v) is 7.51. The van der Waals surface area contributed by atoms with E-state index in [0.29, 0.717) is 28.8 Å². The van der Waals surface area contributed by atoms with E-state index in [9.17, 15) is 4.79 Å². The molecule has 118 valence electrons. The summed E-state index contributed by atoms with van der Waals surface area (Å²) in [6, 6.07) is 4.91. The molecule has 0 aromatic heterocycles. The van der Waals surface area contributed by atoms with E-state index < -0.39 is 17.8 Å². The molecule has 0 amide bonds. The van der Waals surface area contributed by atoms with Gasteiger partial charge in [0.25, 0.3) is 5.54 Å². The van der Waals surface area contributed by atoms with Crippen molar-refractivity contribution in [1.29, 1.82) is 0 Å². The highest BCUT2D eigenvalue weighted by Crippen LogP contribution is 2.39. The van der Waals surface area contributed by atoms with Crippen LogP contribution < -0.4 is 0 Å². The van der Waals surface area contributed by atoms with Crippen molar-refractivity contribution >= 4 is 29.2 Å². The Labute approximate surface area is 138 Å². The lowest BCUT2D eigenvalue weighted by molar-refractivity contribution is -0.137. The number of nitrogens with zero attached hydrogens (tertiary/aromatic N) is 1. The van der Waals surface area contributed by atoms with Crippen LogP contribution in [0.25, 0.3) is 4.85 Å². The first-order chi connectivity index (χ1) is 10.5. The van der Waals surface area contributed by atoms with Crippen molar-refractivity contribution in [3.8, 4) is 0 Å². The largest absolute Gasteiger partial charge is 0.481 e. The van der Waals surface area contributed by atoms with Gasteiger partial charge in [-0.15, -0.1) is 0 Å². The molecule has 5 nitrogen and oxygen atoms in total. The fourth-order valence-corrected chi connectivity index (χ4v) is 2.73. The quantitative estimate of drug-likeness (QED) is 0.799. The number of carboxylic acid groups (broad SMARTS) is 1. The van der Waals surface area contributed by atoms with Gasteiger partial charge in [0.1, 0.15) is 0 Å². The van der Waals surface area contributed by atoms with Crippen LogP contribution in [0.1, 0.15) is 24.8 Å². The molecule has 1 aliphatic rings. The second-order valence-electron chi connectivity index (χ2n) is 5.04. The molecule has 22 heavy (non-hydrogen) atoms. The van der Waals surface area contributed by atoms with E-state index >= 15 is 0 Å². The first-order valence-electron chi connectivity index (χ1n) is 6.76. The van der Waals surface area contributed by atoms with Crippen molar-refractivity contribution in [3.63, 3.8) is 0 Å². The van der Waals surface area contributed by atoms with E-state index in [4.69, 9.17) is 44.4 Å². The maximum atomic E-state index is 10.9. The molecule has 0 saturated carbocycles. The van der Waals surface area contributed by atoms with Crippen LogP contribution in [0.5, 0.6) is 0 Å². The van der Waals surface area contributed by atoms with Crippen molar-refractivity contribution in [2.75, 3.05) is 13.2 Å². The predicted octanol–water partition coefficient (Wildman–Crippen LogP) is 3.74. The molecular formula is C15H15Cl2NO4. The van der Waals surface area contributed by atoms with Gasteiger partial charge in [0, 0.05) is 12.0 Å². The molecule has 1 heterocycles. The smallest absolute Gasteiger partial charge is 0.303 e. The van der Waals surface area contributed by atoms with E-state index in [2.05, 4.69) is 4.85 Å². The summed E-state index contributed by atoms with van der Waals surface area (Å²) in [7, 11) is 0. The Morgan fingerprint density at radius 1 is 1.36 bits per heavy atom. The summed E-state index contributed by atoms with van der Waals surface area (Å²) in [5.41, 5.74) is -0.445. The topological polar surface area (TPSA) is 60.1 Å². The summed E-state index contributed by atoms with van der Waals surface area (Å²) < 4.78 is 10.8. The van der Waals surface area contributed by atoms with Gasteiger partial charge in [0.2, 0.25) is 0 Å². The van der Waals surface area contributed by atoms with Crippen LogP contribution in [-0.2, 0) is 19.8 Å². The molecule has 1 aromatic carbocycles. The van der Waals surface area contributed by atoms with Crippen LogP contribution in [0.4, 0.5) is 0 Å². The lowest BCUT2D eigenvalue weighted by Crippen LogP contribution is -2.29. The average Bonchev–Trinajstić information content (AvgIpc) is 2.99. The number of carbonyl (C=O) groups is 1. The van der Waals surface area contributed by atoms with E-state index in [1.807, 2.05) is 0 Å². The molecule has 1 N–H and O–H groups in total. The molecule has 1 aromatic rings. The van der Waals surface area contributed by atoms with E-state index in [-0.39, 0.29) is 19.3 Å². The van der Waals surface area contributed by atoms with Gasteiger partial charge < -0.3 is 19.4 Å². The molecule has 0 aliphatic carbocycles. The molecule has 2 rings (SSSR count). The highest BCUT2D eigenvalue weighted by molar-refractivity contribution is 6.42. The molecule has 0 spiro atoms. The molecule has 7 heteroatoms. The Bertz CT molecular complexity index is 596. The van der Waals surface area contributed by atoms with Crippen molar-refractivity contribution in [1.82, 2.24) is 0 Å². The second-order valence-corrected chi connectivity index (χ2v) is 5.86. The fraction of sp³-hybridized carbons (Fsp3) is 0.467. The summed E-state index contributed by atoms with van der Waals surface area (Å²) in [6.45, 7) is 8.57. The van der Waals surface area contributed by atoms with Crippen LogP contribution in [0.3, 0.4) is 0 Å². The predicted molar refractivity (Wildman–Crippen MR) is 81.9 cm³/mol. The van der Waals surface area contributed by atoms with Gasteiger partial charge >= 0.3 is 5.97 Å². The minimum absolute atomic E-state index is 0.130. The van der Waals surface area contributed by atoms with Gasteiger partial charge in [0.15, 0.2) is 6.29 Å². The SMILES string of the molecule is [C-]#[N+]C(CCC(=O)O)(CC1OCCO1)c1ccc(Cl)c(Cl)c1. The van der Waals surface area contributed by atoms with Gasteiger partial charge in [-0.2, -0.15) is 0 Å². The maximum Gasteiger partial charge on any atom is 0.303 e. The molecule has 0 radical (unpaired) electrons. The van der Waals surface area contributed by atoms with Crippen LogP contribution in [0, 0.1) is 6.57 Å². The van der Waals surface area contributed by atoms with Crippen LogP contribution in [-0.4, -0.2) is 30.6 Å². The van der Waals surface area contributed by atoms with Crippen molar-refractivity contribution in [2.24, 2.45) is 0 Å². The number of hydrogen-bond donors (Lipinski definition) is 1. The monoisotopic (exact) mass is 343 g/mol. The number of benzene rings is 1. The molecule has 1 unspecified atom stereocenters. The third-order valence-corrected chi connectivity index (χ3v) is 4.36. The van der Waals surface area contributed by atoms with Crippen LogP contribution in [0.2, 0.25) is 10.0 Å². The Balaban J connectivity index is 2.34. The second kappa shape index (κ2) is 7.30. The number of ether oxygens (including phenoxy) is 2. The third-order valence-electron chi connectivity index (χ3n) is 3.62.